The van der Waals surface area contributed by atoms with E-state index in [1.165, 1.54) is 0 Å². The smallest absolute Gasteiger partial charge is 0.303 e. The van der Waals surface area contributed by atoms with Crippen LogP contribution in [0.4, 0.5) is 0 Å². The molecule has 0 amide bonds. The van der Waals surface area contributed by atoms with E-state index in [-0.39, 0.29) is 71.0 Å². The first-order chi connectivity index (χ1) is 16.0. The number of carbonyl (C=O) groups excluding carboxylic acids is 1. The highest BCUT2D eigenvalue weighted by atomic mass is 16.4. The summed E-state index contributed by atoms with van der Waals surface area (Å²) in [5.41, 5.74) is -0.714. The lowest BCUT2D eigenvalue weighted by Crippen LogP contribution is -2.65. The molecule has 4 fully saturated rings. The fourth-order valence-corrected chi connectivity index (χ4v) is 9.57. The van der Waals surface area contributed by atoms with Gasteiger partial charge in [-0.05, 0) is 98.3 Å². The molecule has 0 spiro atoms. The first kappa shape index (κ1) is 26.1. The summed E-state index contributed by atoms with van der Waals surface area (Å²) in [6.45, 7) is 6.75. The summed E-state index contributed by atoms with van der Waals surface area (Å²) in [5.74, 6) is -0.270. The van der Waals surface area contributed by atoms with Crippen LogP contribution in [0.3, 0.4) is 0 Å². The van der Waals surface area contributed by atoms with Crippen molar-refractivity contribution < 1.29 is 30.0 Å². The zero-order valence-electron chi connectivity index (χ0n) is 21.2. The predicted octanol–water partition coefficient (Wildman–Crippen LogP) is 2.46. The Morgan fingerprint density at radius 1 is 1.00 bits per heavy atom. The molecule has 4 saturated carbocycles. The summed E-state index contributed by atoms with van der Waals surface area (Å²) < 4.78 is 0. The number of aliphatic carboxylic acids is 1. The van der Waals surface area contributed by atoms with Crippen LogP contribution in [0.15, 0.2) is 0 Å². The predicted molar refractivity (Wildman–Crippen MR) is 128 cm³/mol. The van der Waals surface area contributed by atoms with Crippen LogP contribution in [-0.2, 0) is 9.59 Å². The Balaban J connectivity index is 1.67. The summed E-state index contributed by atoms with van der Waals surface area (Å²) in [5, 5.41) is 46.0. The highest BCUT2D eigenvalue weighted by Gasteiger charge is 2.67. The van der Waals surface area contributed by atoms with Gasteiger partial charge in [-0.1, -0.05) is 20.8 Å². The minimum Gasteiger partial charge on any atom is -0.481 e. The average Bonchev–Trinajstić information content (AvgIpc) is 3.12. The first-order valence-corrected chi connectivity index (χ1v) is 13.4. The number of hydrogen-bond donors (Lipinski definition) is 5. The van der Waals surface area contributed by atoms with Crippen LogP contribution in [0.25, 0.3) is 0 Å². The van der Waals surface area contributed by atoms with Crippen molar-refractivity contribution in [2.75, 3.05) is 13.6 Å². The number of aliphatic hydroxyl groups excluding tert-OH is 3. The van der Waals surface area contributed by atoms with Crippen LogP contribution < -0.4 is 5.32 Å². The maximum absolute atomic E-state index is 13.3. The number of carboxylic acid groups (broad SMARTS) is 1. The van der Waals surface area contributed by atoms with Crippen molar-refractivity contribution >= 4 is 11.8 Å². The lowest BCUT2D eigenvalue weighted by atomic mass is 9.40. The maximum Gasteiger partial charge on any atom is 0.303 e. The van der Waals surface area contributed by atoms with E-state index in [0.717, 1.165) is 12.8 Å². The molecule has 0 aromatic rings. The Kier molecular flexibility index (Phi) is 7.24. The summed E-state index contributed by atoms with van der Waals surface area (Å²) in [6, 6.07) is 0. The summed E-state index contributed by atoms with van der Waals surface area (Å²) >= 11 is 0. The molecule has 0 radical (unpaired) electrons. The van der Waals surface area contributed by atoms with Gasteiger partial charge in [0.1, 0.15) is 5.78 Å². The highest BCUT2D eigenvalue weighted by molar-refractivity contribution is 5.84. The minimum atomic E-state index is -0.783. The minimum absolute atomic E-state index is 0.0199. The summed E-state index contributed by atoms with van der Waals surface area (Å²) in [7, 11) is 1.77. The van der Waals surface area contributed by atoms with Crippen molar-refractivity contribution in [1.29, 1.82) is 0 Å². The zero-order chi connectivity index (χ0) is 25.0. The van der Waals surface area contributed by atoms with Crippen molar-refractivity contribution in [3.05, 3.63) is 0 Å². The van der Waals surface area contributed by atoms with Crippen molar-refractivity contribution in [3.63, 3.8) is 0 Å². The molecule has 0 saturated heterocycles. The van der Waals surface area contributed by atoms with Crippen molar-refractivity contribution in [3.8, 4) is 0 Å². The molecule has 4 aliphatic carbocycles. The number of hydrogen-bond acceptors (Lipinski definition) is 6. The Morgan fingerprint density at radius 2 is 1.71 bits per heavy atom. The van der Waals surface area contributed by atoms with Gasteiger partial charge in [0.05, 0.1) is 24.9 Å². The molecule has 0 aromatic heterocycles. The third-order valence-corrected chi connectivity index (χ3v) is 11.2. The second-order valence-electron chi connectivity index (χ2n) is 12.5. The number of likely N-dealkylation sites (N-methyl/N-ethyl adjacent to an activating group) is 1. The van der Waals surface area contributed by atoms with Gasteiger partial charge in [-0.15, -0.1) is 0 Å². The lowest BCUT2D eigenvalue weighted by Gasteiger charge is -2.65. The van der Waals surface area contributed by atoms with Gasteiger partial charge >= 0.3 is 5.97 Å². The van der Waals surface area contributed by atoms with Crippen LogP contribution in [0, 0.1) is 52.3 Å². The van der Waals surface area contributed by atoms with Gasteiger partial charge in [0.15, 0.2) is 0 Å². The van der Waals surface area contributed by atoms with E-state index in [4.69, 9.17) is 0 Å². The number of carboxylic acids is 1. The highest BCUT2D eigenvalue weighted by Crippen LogP contribution is 2.69. The molecule has 7 heteroatoms. The SMILES string of the molecule is CNCC(=O)C1C[C@@H](O)C[C@H]2C[C@@H](O)C3C(C[C@H](O)[C@@]4(C)C3CC[C@@H]4[C@H](C)CCC(=O)O)[C@@]12C. The Hall–Kier alpha value is -1.02. The van der Waals surface area contributed by atoms with E-state index in [0.29, 0.717) is 32.1 Å². The zero-order valence-corrected chi connectivity index (χ0v) is 21.2. The molecular weight excluding hydrogens is 434 g/mol. The number of aliphatic hydroxyl groups is 3. The largest absolute Gasteiger partial charge is 0.481 e. The van der Waals surface area contributed by atoms with Crippen molar-refractivity contribution in [2.24, 2.45) is 52.3 Å². The van der Waals surface area contributed by atoms with Gasteiger partial charge in [-0.3, -0.25) is 9.59 Å². The Labute approximate surface area is 203 Å². The van der Waals surface area contributed by atoms with E-state index in [1.54, 1.807) is 7.05 Å². The molecular formula is C27H45NO6. The molecule has 4 rings (SSSR count). The Bertz CT molecular complexity index is 789. The Morgan fingerprint density at radius 3 is 2.35 bits per heavy atom. The normalized spacial score (nSPS) is 49.0. The van der Waals surface area contributed by atoms with Gasteiger partial charge in [-0.2, -0.15) is 0 Å². The van der Waals surface area contributed by atoms with Crippen LogP contribution in [0.2, 0.25) is 0 Å². The number of rotatable bonds is 7. The van der Waals surface area contributed by atoms with Crippen LogP contribution in [-0.4, -0.2) is 64.1 Å². The molecule has 5 N–H and O–H groups in total. The van der Waals surface area contributed by atoms with Gasteiger partial charge in [-0.25, -0.2) is 0 Å². The number of Topliss-reactive ketones (excluding diaryl/α,β-unsaturated/α-hetero) is 1. The third-order valence-electron chi connectivity index (χ3n) is 11.2. The molecule has 4 unspecified atom stereocenters. The average molecular weight is 480 g/mol. The van der Waals surface area contributed by atoms with Gasteiger partial charge in [0.2, 0.25) is 0 Å². The van der Waals surface area contributed by atoms with Crippen LogP contribution >= 0.6 is 0 Å². The number of fused-ring (bicyclic) bond motifs is 5. The number of ketones is 1. The number of nitrogens with one attached hydrogen (secondary N) is 1. The van der Waals surface area contributed by atoms with E-state index >= 15 is 0 Å². The first-order valence-electron chi connectivity index (χ1n) is 13.4. The number of carbonyl (C=O) groups is 2. The second kappa shape index (κ2) is 9.45. The van der Waals surface area contributed by atoms with E-state index < -0.39 is 24.3 Å². The molecule has 0 aliphatic heterocycles. The van der Waals surface area contributed by atoms with Crippen LogP contribution in [0.5, 0.6) is 0 Å². The summed E-state index contributed by atoms with van der Waals surface area (Å²) in [4.78, 5) is 24.4. The topological polar surface area (TPSA) is 127 Å². The van der Waals surface area contributed by atoms with Crippen molar-refractivity contribution in [2.45, 2.75) is 90.4 Å². The molecule has 4 aliphatic rings. The molecule has 0 aromatic carbocycles. The molecule has 0 bridgehead atoms. The lowest BCUT2D eigenvalue weighted by molar-refractivity contribution is -0.221. The molecule has 7 nitrogen and oxygen atoms in total. The second-order valence-corrected chi connectivity index (χ2v) is 12.5. The van der Waals surface area contributed by atoms with E-state index in [2.05, 4.69) is 26.1 Å². The fourth-order valence-electron chi connectivity index (χ4n) is 9.57. The molecule has 12 atom stereocenters. The molecule has 0 heterocycles. The standard InChI is InChI=1S/C27H45NO6/c1-14(5-8-24(33)34)17-6-7-18-25-20(12-23(32)27(17,18)3)26(2)15(10-21(25)30)9-16(29)11-19(26)22(31)13-28-4/h14-21,23,25,28-30,32H,5-13H2,1-4H3,(H,33,34)/t14-,15+,16+,17-,18?,19?,20?,21-,23+,25?,26-,27-/m1/s1. The van der Waals surface area contributed by atoms with E-state index in [1.807, 2.05) is 0 Å². The van der Waals surface area contributed by atoms with Gasteiger partial charge in [0, 0.05) is 12.3 Å². The van der Waals surface area contributed by atoms with Gasteiger partial charge < -0.3 is 25.7 Å². The van der Waals surface area contributed by atoms with E-state index in [9.17, 15) is 30.0 Å². The van der Waals surface area contributed by atoms with Crippen LogP contribution in [0.1, 0.15) is 72.1 Å². The molecule has 34 heavy (non-hydrogen) atoms. The quantitative estimate of drug-likeness (QED) is 0.380. The fraction of sp³-hybridized carbons (Fsp3) is 0.926. The monoisotopic (exact) mass is 479 g/mol. The van der Waals surface area contributed by atoms with Crippen molar-refractivity contribution in [1.82, 2.24) is 5.32 Å². The third kappa shape index (κ3) is 3.95. The molecule has 194 valence electrons. The van der Waals surface area contributed by atoms with Gasteiger partial charge in [0.25, 0.3) is 0 Å². The maximum atomic E-state index is 13.3. The summed E-state index contributed by atoms with van der Waals surface area (Å²) in [6.07, 6.45) is 3.24.